The highest BCUT2D eigenvalue weighted by Gasteiger charge is 2.16. The molecule has 1 fully saturated rings. The number of aliphatic hydroxyl groups is 1. The van der Waals surface area contributed by atoms with Gasteiger partial charge in [-0.3, -0.25) is 4.79 Å². The quantitative estimate of drug-likeness (QED) is 0.659. The number of aliphatic hydroxyl groups excluding tert-OH is 1. The maximum Gasteiger partial charge on any atom is 0.133 e. The standard InChI is InChI=1S/C7H13NO.C2H6.CH4O.H2/c1-6(9)7-2-4-8-5-3-7;2*1-2;/h7-8H,2-5H2,1H3;1-2H3;2H,1H3;1H. The summed E-state index contributed by atoms with van der Waals surface area (Å²) in [6.07, 6.45) is 2.07. The van der Waals surface area contributed by atoms with Crippen LogP contribution in [0.3, 0.4) is 0 Å². The molecule has 0 saturated carbocycles. The first-order chi connectivity index (χ1) is 6.30. The third-order valence-electron chi connectivity index (χ3n) is 1.91. The van der Waals surface area contributed by atoms with E-state index in [2.05, 4.69) is 5.32 Å². The molecule has 1 aliphatic heterocycles. The van der Waals surface area contributed by atoms with Gasteiger partial charge in [0.25, 0.3) is 0 Å². The van der Waals surface area contributed by atoms with Gasteiger partial charge in [-0.2, -0.15) is 0 Å². The second kappa shape index (κ2) is 11.6. The van der Waals surface area contributed by atoms with Crippen molar-refractivity contribution < 1.29 is 11.3 Å². The second-order valence-electron chi connectivity index (χ2n) is 2.63. The molecular formula is C10H25NO2. The van der Waals surface area contributed by atoms with Crippen molar-refractivity contribution in [2.24, 2.45) is 5.92 Å². The third kappa shape index (κ3) is 7.94. The Bertz CT molecular complexity index is 115. The molecule has 0 amide bonds. The van der Waals surface area contributed by atoms with Crippen LogP contribution in [0.4, 0.5) is 0 Å². The molecule has 3 heteroatoms. The van der Waals surface area contributed by atoms with Gasteiger partial charge in [-0.05, 0) is 32.9 Å². The number of hydrogen-bond acceptors (Lipinski definition) is 3. The van der Waals surface area contributed by atoms with Crippen LogP contribution >= 0.6 is 0 Å². The lowest BCUT2D eigenvalue weighted by atomic mass is 9.95. The van der Waals surface area contributed by atoms with Gasteiger partial charge in [0.15, 0.2) is 0 Å². The zero-order chi connectivity index (χ0) is 10.7. The van der Waals surface area contributed by atoms with Crippen LogP contribution in [0.1, 0.15) is 35.0 Å². The lowest BCUT2D eigenvalue weighted by molar-refractivity contribution is -0.121. The summed E-state index contributed by atoms with van der Waals surface area (Å²) < 4.78 is 0. The molecule has 0 aromatic carbocycles. The van der Waals surface area contributed by atoms with E-state index in [4.69, 9.17) is 5.11 Å². The Hall–Kier alpha value is -0.410. The van der Waals surface area contributed by atoms with Crippen molar-refractivity contribution >= 4 is 5.78 Å². The summed E-state index contributed by atoms with van der Waals surface area (Å²) in [5, 5.41) is 10.2. The van der Waals surface area contributed by atoms with Gasteiger partial charge in [0.2, 0.25) is 0 Å². The molecule has 0 aromatic heterocycles. The van der Waals surface area contributed by atoms with E-state index in [0.29, 0.717) is 11.7 Å². The number of carbonyl (C=O) groups is 1. The van der Waals surface area contributed by atoms with Crippen molar-refractivity contribution in [2.45, 2.75) is 33.6 Å². The van der Waals surface area contributed by atoms with Crippen molar-refractivity contribution in [1.82, 2.24) is 5.32 Å². The number of piperidine rings is 1. The van der Waals surface area contributed by atoms with Crippen LogP contribution in [0.5, 0.6) is 0 Å². The fraction of sp³-hybridized carbons (Fsp3) is 0.900. The summed E-state index contributed by atoms with van der Waals surface area (Å²) in [7, 11) is 1.00. The van der Waals surface area contributed by atoms with Gasteiger partial charge >= 0.3 is 0 Å². The van der Waals surface area contributed by atoms with Crippen molar-refractivity contribution in [3.8, 4) is 0 Å². The fourth-order valence-corrected chi connectivity index (χ4v) is 1.23. The number of carbonyl (C=O) groups excluding carboxylic acids is 1. The van der Waals surface area contributed by atoms with E-state index in [1.807, 2.05) is 13.8 Å². The highest BCUT2D eigenvalue weighted by Crippen LogP contribution is 2.11. The van der Waals surface area contributed by atoms with E-state index < -0.39 is 0 Å². The normalized spacial score (nSPS) is 16.1. The minimum Gasteiger partial charge on any atom is -0.400 e. The van der Waals surface area contributed by atoms with Crippen LogP contribution in [0, 0.1) is 5.92 Å². The molecule has 82 valence electrons. The molecule has 0 aromatic rings. The monoisotopic (exact) mass is 191 g/mol. The first-order valence-electron chi connectivity index (χ1n) is 4.96. The van der Waals surface area contributed by atoms with Crippen LogP contribution in [-0.4, -0.2) is 31.1 Å². The smallest absolute Gasteiger partial charge is 0.133 e. The maximum atomic E-state index is 10.8. The average Bonchev–Trinajstić information content (AvgIpc) is 2.25. The molecule has 0 bridgehead atoms. The van der Waals surface area contributed by atoms with Gasteiger partial charge in [-0.1, -0.05) is 13.8 Å². The molecule has 0 spiro atoms. The number of ketones is 1. The lowest BCUT2D eigenvalue weighted by Gasteiger charge is -2.19. The summed E-state index contributed by atoms with van der Waals surface area (Å²) >= 11 is 0. The molecule has 1 saturated heterocycles. The fourth-order valence-electron chi connectivity index (χ4n) is 1.23. The van der Waals surface area contributed by atoms with Gasteiger partial charge in [-0.25, -0.2) is 0 Å². The third-order valence-corrected chi connectivity index (χ3v) is 1.91. The highest BCUT2D eigenvalue weighted by molar-refractivity contribution is 5.78. The van der Waals surface area contributed by atoms with Gasteiger partial charge in [-0.15, -0.1) is 0 Å². The van der Waals surface area contributed by atoms with E-state index >= 15 is 0 Å². The molecule has 3 nitrogen and oxygen atoms in total. The Labute approximate surface area is 83.0 Å². The van der Waals surface area contributed by atoms with Crippen molar-refractivity contribution in [2.75, 3.05) is 20.2 Å². The van der Waals surface area contributed by atoms with E-state index in [-0.39, 0.29) is 1.43 Å². The molecule has 0 atom stereocenters. The Morgan fingerprint density at radius 2 is 1.69 bits per heavy atom. The van der Waals surface area contributed by atoms with Gasteiger partial charge in [0.05, 0.1) is 0 Å². The minimum atomic E-state index is 0. The molecule has 2 N–H and O–H groups in total. The van der Waals surface area contributed by atoms with Crippen LogP contribution in [0.2, 0.25) is 0 Å². The molecule has 0 unspecified atom stereocenters. The van der Waals surface area contributed by atoms with Gasteiger partial charge in [0, 0.05) is 14.5 Å². The molecule has 0 aliphatic carbocycles. The second-order valence-corrected chi connectivity index (χ2v) is 2.63. The van der Waals surface area contributed by atoms with Crippen molar-refractivity contribution in [3.63, 3.8) is 0 Å². The Morgan fingerprint density at radius 1 is 1.31 bits per heavy atom. The molecule has 0 radical (unpaired) electrons. The molecule has 1 rings (SSSR count). The Morgan fingerprint density at radius 3 is 1.92 bits per heavy atom. The van der Waals surface area contributed by atoms with Gasteiger partial charge in [0.1, 0.15) is 5.78 Å². The zero-order valence-corrected chi connectivity index (χ0v) is 9.26. The molecule has 1 heterocycles. The SMILES string of the molecule is CC.CC(=O)C1CCNCC1.CO.[HH]. The Kier molecular flexibility index (Phi) is 13.4. The lowest BCUT2D eigenvalue weighted by Crippen LogP contribution is -2.30. The van der Waals surface area contributed by atoms with Gasteiger partial charge < -0.3 is 10.4 Å². The first kappa shape index (κ1) is 15.1. The number of rotatable bonds is 1. The average molecular weight is 191 g/mol. The minimum absolute atomic E-state index is 0. The van der Waals surface area contributed by atoms with Crippen LogP contribution in [-0.2, 0) is 4.79 Å². The molecular weight excluding hydrogens is 166 g/mol. The highest BCUT2D eigenvalue weighted by atomic mass is 16.2. The first-order valence-corrected chi connectivity index (χ1v) is 4.96. The largest absolute Gasteiger partial charge is 0.400 e. The summed E-state index contributed by atoms with van der Waals surface area (Å²) in [6.45, 7) is 7.73. The molecule has 13 heavy (non-hydrogen) atoms. The van der Waals surface area contributed by atoms with Crippen LogP contribution in [0.25, 0.3) is 0 Å². The summed E-state index contributed by atoms with van der Waals surface area (Å²) in [5.74, 6) is 0.711. The predicted molar refractivity (Wildman–Crippen MR) is 57.9 cm³/mol. The maximum absolute atomic E-state index is 10.8. The number of nitrogens with one attached hydrogen (secondary N) is 1. The van der Waals surface area contributed by atoms with Crippen LogP contribution < -0.4 is 5.32 Å². The predicted octanol–water partition coefficient (Wildman–Crippen LogP) is 1.46. The van der Waals surface area contributed by atoms with E-state index in [9.17, 15) is 4.79 Å². The summed E-state index contributed by atoms with van der Waals surface area (Å²) in [5.41, 5.74) is 0. The number of hydrogen-bond donors (Lipinski definition) is 2. The van der Waals surface area contributed by atoms with E-state index in [0.717, 1.165) is 33.0 Å². The summed E-state index contributed by atoms with van der Waals surface area (Å²) in [4.78, 5) is 10.8. The Balaban J connectivity index is -0.000000216. The summed E-state index contributed by atoms with van der Waals surface area (Å²) in [6, 6.07) is 0. The van der Waals surface area contributed by atoms with Crippen molar-refractivity contribution in [1.29, 1.82) is 0 Å². The van der Waals surface area contributed by atoms with E-state index in [1.54, 1.807) is 6.92 Å². The van der Waals surface area contributed by atoms with E-state index in [1.165, 1.54) is 0 Å². The topological polar surface area (TPSA) is 49.3 Å². The van der Waals surface area contributed by atoms with Crippen molar-refractivity contribution in [3.05, 3.63) is 0 Å². The number of Topliss-reactive ketones (excluding diaryl/α,β-unsaturated/α-hetero) is 1. The van der Waals surface area contributed by atoms with Crippen LogP contribution in [0.15, 0.2) is 0 Å². The zero-order valence-electron chi connectivity index (χ0n) is 9.26. The molecule has 1 aliphatic rings.